The van der Waals surface area contributed by atoms with Crippen molar-refractivity contribution >= 4 is 11.9 Å². The van der Waals surface area contributed by atoms with Crippen molar-refractivity contribution < 1.29 is 0 Å². The molecule has 0 aliphatic carbocycles. The maximum Gasteiger partial charge on any atom is 0.0692 e. The lowest BCUT2D eigenvalue weighted by atomic mass is 9.91. The molecule has 1 atom stereocenters. The van der Waals surface area contributed by atoms with Crippen molar-refractivity contribution in [2.45, 2.75) is 33.1 Å². The second-order valence-electron chi connectivity index (χ2n) is 3.89. The summed E-state index contributed by atoms with van der Waals surface area (Å²) in [5.74, 6) is 0.631. The SMILES string of the molecule is Cc1ccc2c(c1C)N=CCC2C. The number of aliphatic imine (C=N–C) groups is 1. The minimum absolute atomic E-state index is 0.631. The summed E-state index contributed by atoms with van der Waals surface area (Å²) in [5.41, 5.74) is 5.29. The maximum absolute atomic E-state index is 4.48. The first kappa shape index (κ1) is 8.49. The van der Waals surface area contributed by atoms with Gasteiger partial charge in [-0.25, -0.2) is 0 Å². The van der Waals surface area contributed by atoms with Gasteiger partial charge in [-0.1, -0.05) is 19.1 Å². The van der Waals surface area contributed by atoms with E-state index in [-0.39, 0.29) is 0 Å². The molecule has 1 nitrogen and oxygen atoms in total. The van der Waals surface area contributed by atoms with Crippen LogP contribution in [0.5, 0.6) is 0 Å². The molecule has 1 aromatic rings. The van der Waals surface area contributed by atoms with Gasteiger partial charge in [0.2, 0.25) is 0 Å². The molecule has 0 radical (unpaired) electrons. The minimum Gasteiger partial charge on any atom is -0.261 e. The first-order valence-corrected chi connectivity index (χ1v) is 4.83. The normalized spacial score (nSPS) is 20.1. The smallest absolute Gasteiger partial charge is 0.0692 e. The number of rotatable bonds is 0. The van der Waals surface area contributed by atoms with Crippen LogP contribution in [0.25, 0.3) is 0 Å². The minimum atomic E-state index is 0.631. The van der Waals surface area contributed by atoms with E-state index in [1.165, 1.54) is 22.4 Å². The monoisotopic (exact) mass is 173 g/mol. The van der Waals surface area contributed by atoms with E-state index >= 15 is 0 Å². The summed E-state index contributed by atoms with van der Waals surface area (Å²) in [7, 11) is 0. The Kier molecular flexibility index (Phi) is 1.95. The molecule has 1 unspecified atom stereocenters. The molecule has 1 aliphatic heterocycles. The van der Waals surface area contributed by atoms with Gasteiger partial charge in [0.15, 0.2) is 0 Å². The van der Waals surface area contributed by atoms with Crippen LogP contribution in [-0.4, -0.2) is 6.21 Å². The van der Waals surface area contributed by atoms with E-state index in [2.05, 4.69) is 37.9 Å². The molecule has 0 spiro atoms. The average molecular weight is 173 g/mol. The van der Waals surface area contributed by atoms with Crippen molar-refractivity contribution in [3.8, 4) is 0 Å². The fraction of sp³-hybridized carbons (Fsp3) is 0.417. The maximum atomic E-state index is 4.48. The molecule has 1 aromatic carbocycles. The fourth-order valence-electron chi connectivity index (χ4n) is 1.82. The Hall–Kier alpha value is -1.11. The van der Waals surface area contributed by atoms with Gasteiger partial charge >= 0.3 is 0 Å². The van der Waals surface area contributed by atoms with E-state index in [0.29, 0.717) is 5.92 Å². The van der Waals surface area contributed by atoms with Crippen molar-refractivity contribution in [2.24, 2.45) is 4.99 Å². The first-order chi connectivity index (χ1) is 6.20. The Balaban J connectivity index is 2.65. The second-order valence-corrected chi connectivity index (χ2v) is 3.89. The van der Waals surface area contributed by atoms with Crippen LogP contribution in [0.15, 0.2) is 17.1 Å². The van der Waals surface area contributed by atoms with Crippen molar-refractivity contribution in [3.05, 3.63) is 28.8 Å². The third-order valence-electron chi connectivity index (χ3n) is 2.94. The highest BCUT2D eigenvalue weighted by Crippen LogP contribution is 2.35. The predicted molar refractivity (Wildman–Crippen MR) is 57.1 cm³/mol. The highest BCUT2D eigenvalue weighted by Gasteiger charge is 2.15. The summed E-state index contributed by atoms with van der Waals surface area (Å²) in [6.45, 7) is 6.56. The van der Waals surface area contributed by atoms with Gasteiger partial charge in [-0.3, -0.25) is 4.99 Å². The second kappa shape index (κ2) is 2.99. The lowest BCUT2D eigenvalue weighted by Crippen LogP contribution is -2.01. The Bertz CT molecular complexity index is 364. The van der Waals surface area contributed by atoms with Crippen LogP contribution < -0.4 is 0 Å². The molecule has 0 bridgehead atoms. The van der Waals surface area contributed by atoms with Crippen molar-refractivity contribution in [2.75, 3.05) is 0 Å². The van der Waals surface area contributed by atoms with Crippen molar-refractivity contribution in [1.82, 2.24) is 0 Å². The Morgan fingerprint density at radius 2 is 2.08 bits per heavy atom. The predicted octanol–water partition coefficient (Wildman–Crippen LogP) is 3.51. The molecule has 2 rings (SSSR count). The highest BCUT2D eigenvalue weighted by atomic mass is 14.7. The average Bonchev–Trinajstić information content (AvgIpc) is 2.12. The zero-order valence-electron chi connectivity index (χ0n) is 8.46. The lowest BCUT2D eigenvalue weighted by Gasteiger charge is -2.19. The van der Waals surface area contributed by atoms with Crippen molar-refractivity contribution in [3.63, 3.8) is 0 Å². The van der Waals surface area contributed by atoms with Gasteiger partial charge in [0.1, 0.15) is 0 Å². The van der Waals surface area contributed by atoms with E-state index in [9.17, 15) is 0 Å². The zero-order valence-corrected chi connectivity index (χ0v) is 8.46. The standard InChI is InChI=1S/C12H15N/c1-8-4-5-11-9(2)6-7-13-12(11)10(8)3/h4-5,7,9H,6H2,1-3H3. The number of benzene rings is 1. The number of hydrogen-bond acceptors (Lipinski definition) is 1. The molecule has 13 heavy (non-hydrogen) atoms. The summed E-state index contributed by atoms with van der Waals surface area (Å²) >= 11 is 0. The third kappa shape index (κ3) is 1.28. The number of hydrogen-bond donors (Lipinski definition) is 0. The van der Waals surface area contributed by atoms with Crippen LogP contribution in [0.4, 0.5) is 5.69 Å². The zero-order chi connectivity index (χ0) is 9.42. The quantitative estimate of drug-likeness (QED) is 0.569. The Morgan fingerprint density at radius 1 is 1.31 bits per heavy atom. The van der Waals surface area contributed by atoms with E-state index in [0.717, 1.165) is 6.42 Å². The Morgan fingerprint density at radius 3 is 2.85 bits per heavy atom. The summed E-state index contributed by atoms with van der Waals surface area (Å²) in [5, 5.41) is 0. The largest absolute Gasteiger partial charge is 0.261 e. The summed E-state index contributed by atoms with van der Waals surface area (Å²) in [6.07, 6.45) is 3.12. The highest BCUT2D eigenvalue weighted by molar-refractivity contribution is 5.72. The van der Waals surface area contributed by atoms with Gasteiger partial charge in [-0.2, -0.15) is 0 Å². The van der Waals surface area contributed by atoms with E-state index in [1.807, 2.05) is 6.21 Å². The lowest BCUT2D eigenvalue weighted by molar-refractivity contribution is 0.799. The van der Waals surface area contributed by atoms with Crippen LogP contribution in [0.3, 0.4) is 0 Å². The van der Waals surface area contributed by atoms with Gasteiger partial charge in [0.05, 0.1) is 5.69 Å². The van der Waals surface area contributed by atoms with Gasteiger partial charge in [-0.15, -0.1) is 0 Å². The number of nitrogens with zero attached hydrogens (tertiary/aromatic N) is 1. The summed E-state index contributed by atoms with van der Waals surface area (Å²) in [6, 6.07) is 4.42. The molecule has 1 heterocycles. The Labute approximate surface area is 79.5 Å². The van der Waals surface area contributed by atoms with E-state index < -0.39 is 0 Å². The molecule has 0 amide bonds. The molecule has 68 valence electrons. The van der Waals surface area contributed by atoms with Crippen molar-refractivity contribution in [1.29, 1.82) is 0 Å². The number of fused-ring (bicyclic) bond motifs is 1. The van der Waals surface area contributed by atoms with Crippen LogP contribution >= 0.6 is 0 Å². The molecule has 0 aromatic heterocycles. The molecule has 0 fully saturated rings. The topological polar surface area (TPSA) is 12.4 Å². The number of aryl methyl sites for hydroxylation is 1. The van der Waals surface area contributed by atoms with Crippen LogP contribution in [0.2, 0.25) is 0 Å². The molecular weight excluding hydrogens is 158 g/mol. The molecule has 1 aliphatic rings. The summed E-state index contributed by atoms with van der Waals surface area (Å²) in [4.78, 5) is 4.48. The van der Waals surface area contributed by atoms with Gasteiger partial charge in [0, 0.05) is 6.21 Å². The van der Waals surface area contributed by atoms with Crippen LogP contribution in [-0.2, 0) is 0 Å². The van der Waals surface area contributed by atoms with E-state index in [1.54, 1.807) is 0 Å². The molecule has 0 saturated carbocycles. The molecule has 1 heteroatoms. The van der Waals surface area contributed by atoms with E-state index in [4.69, 9.17) is 0 Å². The van der Waals surface area contributed by atoms with Gasteiger partial charge in [0.25, 0.3) is 0 Å². The third-order valence-corrected chi connectivity index (χ3v) is 2.94. The summed E-state index contributed by atoms with van der Waals surface area (Å²) < 4.78 is 0. The van der Waals surface area contributed by atoms with Crippen LogP contribution in [0, 0.1) is 13.8 Å². The van der Waals surface area contributed by atoms with Gasteiger partial charge < -0.3 is 0 Å². The van der Waals surface area contributed by atoms with Crippen LogP contribution in [0.1, 0.15) is 36.0 Å². The van der Waals surface area contributed by atoms with Gasteiger partial charge in [-0.05, 0) is 42.9 Å². The molecule has 0 N–H and O–H groups in total. The molecule has 0 saturated heterocycles. The first-order valence-electron chi connectivity index (χ1n) is 4.83. The molecular formula is C12H15N. The fourth-order valence-corrected chi connectivity index (χ4v) is 1.82.